The molecule has 0 aromatic heterocycles. The SMILES string of the molecule is COCC(C)NC(C)(CCC(C)C)C(=O)O. The van der Waals surface area contributed by atoms with Crippen molar-refractivity contribution in [2.75, 3.05) is 13.7 Å². The summed E-state index contributed by atoms with van der Waals surface area (Å²) in [4.78, 5) is 11.3. The Bertz CT molecular complexity index is 218. The van der Waals surface area contributed by atoms with Crippen molar-refractivity contribution in [3.63, 3.8) is 0 Å². The summed E-state index contributed by atoms with van der Waals surface area (Å²) in [6.07, 6.45) is 1.53. The number of aliphatic carboxylic acids is 1. The molecule has 0 bridgehead atoms. The van der Waals surface area contributed by atoms with Crippen LogP contribution in [0.3, 0.4) is 0 Å². The second kappa shape index (κ2) is 6.86. The highest BCUT2D eigenvalue weighted by atomic mass is 16.5. The quantitative estimate of drug-likeness (QED) is 0.670. The predicted octanol–water partition coefficient (Wildman–Crippen LogP) is 1.89. The van der Waals surface area contributed by atoms with E-state index in [1.54, 1.807) is 14.0 Å². The Morgan fingerprint density at radius 3 is 2.38 bits per heavy atom. The molecule has 0 aliphatic rings. The molecule has 2 N–H and O–H groups in total. The highest BCUT2D eigenvalue weighted by Gasteiger charge is 2.33. The molecule has 0 amide bonds. The minimum absolute atomic E-state index is 0.0401. The highest BCUT2D eigenvalue weighted by molar-refractivity contribution is 5.78. The van der Waals surface area contributed by atoms with Crippen molar-refractivity contribution in [2.24, 2.45) is 5.92 Å². The third-order valence-electron chi connectivity index (χ3n) is 2.68. The molecule has 0 saturated heterocycles. The molecule has 2 atom stereocenters. The van der Waals surface area contributed by atoms with Gasteiger partial charge in [-0.25, -0.2) is 0 Å². The summed E-state index contributed by atoms with van der Waals surface area (Å²) in [6, 6.07) is 0.0401. The molecule has 0 aromatic rings. The molecule has 0 fully saturated rings. The van der Waals surface area contributed by atoms with Gasteiger partial charge in [0.2, 0.25) is 0 Å². The average molecular weight is 231 g/mol. The number of rotatable bonds is 8. The van der Waals surface area contributed by atoms with Gasteiger partial charge in [0, 0.05) is 13.2 Å². The Morgan fingerprint density at radius 2 is 2.00 bits per heavy atom. The monoisotopic (exact) mass is 231 g/mol. The first-order valence-electron chi connectivity index (χ1n) is 5.82. The lowest BCUT2D eigenvalue weighted by Gasteiger charge is -2.30. The van der Waals surface area contributed by atoms with E-state index >= 15 is 0 Å². The zero-order chi connectivity index (χ0) is 12.8. The standard InChI is InChI=1S/C12H25NO3/c1-9(2)6-7-12(4,11(14)15)13-10(3)8-16-5/h9-10,13H,6-8H2,1-5H3,(H,14,15). The zero-order valence-corrected chi connectivity index (χ0v) is 11.0. The van der Waals surface area contributed by atoms with Gasteiger partial charge in [-0.3, -0.25) is 10.1 Å². The first kappa shape index (κ1) is 15.4. The largest absolute Gasteiger partial charge is 0.480 e. The van der Waals surface area contributed by atoms with Gasteiger partial charge in [-0.15, -0.1) is 0 Å². The van der Waals surface area contributed by atoms with Crippen molar-refractivity contribution in [2.45, 2.75) is 52.1 Å². The lowest BCUT2D eigenvalue weighted by molar-refractivity contribution is -0.145. The first-order chi connectivity index (χ1) is 7.31. The van der Waals surface area contributed by atoms with Crippen LogP contribution in [0.5, 0.6) is 0 Å². The molecule has 96 valence electrons. The van der Waals surface area contributed by atoms with Crippen LogP contribution in [0.1, 0.15) is 40.5 Å². The van der Waals surface area contributed by atoms with Crippen LogP contribution in [-0.2, 0) is 9.53 Å². The van der Waals surface area contributed by atoms with E-state index in [-0.39, 0.29) is 6.04 Å². The van der Waals surface area contributed by atoms with Gasteiger partial charge in [0.1, 0.15) is 5.54 Å². The summed E-state index contributed by atoms with van der Waals surface area (Å²) < 4.78 is 5.00. The van der Waals surface area contributed by atoms with Gasteiger partial charge in [-0.2, -0.15) is 0 Å². The minimum Gasteiger partial charge on any atom is -0.480 e. The Morgan fingerprint density at radius 1 is 1.44 bits per heavy atom. The van der Waals surface area contributed by atoms with Crippen LogP contribution in [0.15, 0.2) is 0 Å². The molecular formula is C12H25NO3. The van der Waals surface area contributed by atoms with Gasteiger partial charge in [-0.1, -0.05) is 13.8 Å². The Hall–Kier alpha value is -0.610. The van der Waals surface area contributed by atoms with E-state index in [0.29, 0.717) is 18.9 Å². The zero-order valence-electron chi connectivity index (χ0n) is 11.0. The van der Waals surface area contributed by atoms with Crippen LogP contribution in [0.25, 0.3) is 0 Å². The summed E-state index contributed by atoms with van der Waals surface area (Å²) in [5.74, 6) is -0.283. The van der Waals surface area contributed by atoms with E-state index in [4.69, 9.17) is 4.74 Å². The molecule has 0 aliphatic heterocycles. The third-order valence-corrected chi connectivity index (χ3v) is 2.68. The van der Waals surface area contributed by atoms with E-state index in [1.165, 1.54) is 0 Å². The van der Waals surface area contributed by atoms with Crippen molar-refractivity contribution in [3.8, 4) is 0 Å². The predicted molar refractivity (Wildman–Crippen MR) is 64.6 cm³/mol. The molecule has 4 nitrogen and oxygen atoms in total. The number of hydrogen-bond donors (Lipinski definition) is 2. The lowest BCUT2D eigenvalue weighted by atomic mass is 9.91. The van der Waals surface area contributed by atoms with Crippen LogP contribution >= 0.6 is 0 Å². The van der Waals surface area contributed by atoms with Crippen LogP contribution in [0, 0.1) is 5.92 Å². The Labute approximate surface area is 98.4 Å². The maximum Gasteiger partial charge on any atom is 0.323 e. The van der Waals surface area contributed by atoms with Crippen molar-refractivity contribution in [3.05, 3.63) is 0 Å². The fourth-order valence-corrected chi connectivity index (χ4v) is 1.65. The van der Waals surface area contributed by atoms with Crippen LogP contribution in [0.2, 0.25) is 0 Å². The van der Waals surface area contributed by atoms with Gasteiger partial charge in [0.25, 0.3) is 0 Å². The van der Waals surface area contributed by atoms with Gasteiger partial charge < -0.3 is 9.84 Å². The molecule has 0 aromatic carbocycles. The third kappa shape index (κ3) is 5.47. The molecule has 4 heteroatoms. The van der Waals surface area contributed by atoms with E-state index < -0.39 is 11.5 Å². The number of methoxy groups -OCH3 is 1. The maximum atomic E-state index is 11.3. The molecule has 0 radical (unpaired) electrons. The smallest absolute Gasteiger partial charge is 0.323 e. The van der Waals surface area contributed by atoms with E-state index in [0.717, 1.165) is 6.42 Å². The number of hydrogen-bond acceptors (Lipinski definition) is 3. The molecule has 0 saturated carbocycles. The normalized spacial score (nSPS) is 17.1. The van der Waals surface area contributed by atoms with Crippen molar-refractivity contribution in [1.29, 1.82) is 0 Å². The fourth-order valence-electron chi connectivity index (χ4n) is 1.65. The minimum atomic E-state index is -0.859. The number of carboxylic acids is 1. The van der Waals surface area contributed by atoms with Crippen LogP contribution in [0.4, 0.5) is 0 Å². The first-order valence-corrected chi connectivity index (χ1v) is 5.82. The molecule has 16 heavy (non-hydrogen) atoms. The van der Waals surface area contributed by atoms with E-state index in [1.807, 2.05) is 6.92 Å². The van der Waals surface area contributed by atoms with Crippen LogP contribution < -0.4 is 5.32 Å². The summed E-state index contributed by atoms with van der Waals surface area (Å²) >= 11 is 0. The van der Waals surface area contributed by atoms with Crippen molar-refractivity contribution in [1.82, 2.24) is 5.32 Å². The van der Waals surface area contributed by atoms with Crippen molar-refractivity contribution < 1.29 is 14.6 Å². The van der Waals surface area contributed by atoms with E-state index in [2.05, 4.69) is 19.2 Å². The summed E-state index contributed by atoms with van der Waals surface area (Å²) in [5, 5.41) is 12.4. The van der Waals surface area contributed by atoms with Crippen molar-refractivity contribution >= 4 is 5.97 Å². The molecule has 2 unspecified atom stereocenters. The lowest BCUT2D eigenvalue weighted by Crippen LogP contribution is -2.54. The number of ether oxygens (including phenoxy) is 1. The Kier molecular flexibility index (Phi) is 6.60. The van der Waals surface area contributed by atoms with Gasteiger partial charge in [-0.05, 0) is 32.6 Å². The Balaban J connectivity index is 4.38. The second-order valence-electron chi connectivity index (χ2n) is 5.07. The van der Waals surface area contributed by atoms with Gasteiger partial charge in [0.15, 0.2) is 0 Å². The summed E-state index contributed by atoms with van der Waals surface area (Å²) in [6.45, 7) is 8.39. The topological polar surface area (TPSA) is 58.6 Å². The second-order valence-corrected chi connectivity index (χ2v) is 5.07. The summed E-state index contributed by atoms with van der Waals surface area (Å²) in [7, 11) is 1.62. The fraction of sp³-hybridized carbons (Fsp3) is 0.917. The summed E-state index contributed by atoms with van der Waals surface area (Å²) in [5.41, 5.74) is -0.859. The maximum absolute atomic E-state index is 11.3. The number of carboxylic acid groups (broad SMARTS) is 1. The van der Waals surface area contributed by atoms with E-state index in [9.17, 15) is 9.90 Å². The molecule has 0 heterocycles. The highest BCUT2D eigenvalue weighted by Crippen LogP contribution is 2.17. The van der Waals surface area contributed by atoms with Gasteiger partial charge in [0.05, 0.1) is 6.61 Å². The molecule has 0 spiro atoms. The molecular weight excluding hydrogens is 206 g/mol. The molecule has 0 aliphatic carbocycles. The number of nitrogens with one attached hydrogen (secondary N) is 1. The molecule has 0 rings (SSSR count). The average Bonchev–Trinajstić information content (AvgIpc) is 2.14. The van der Waals surface area contributed by atoms with Crippen LogP contribution in [-0.4, -0.2) is 36.4 Å². The number of carbonyl (C=O) groups is 1. The van der Waals surface area contributed by atoms with Gasteiger partial charge >= 0.3 is 5.97 Å².